The average molecular weight is 562 g/mol. The van der Waals surface area contributed by atoms with Gasteiger partial charge >= 0.3 is 0 Å². The van der Waals surface area contributed by atoms with Gasteiger partial charge in [0.2, 0.25) is 11.8 Å². The fraction of sp³-hybridized carbons (Fsp3) is 0.200. The molecule has 0 aliphatic carbocycles. The van der Waals surface area contributed by atoms with Crippen LogP contribution in [0.4, 0.5) is 10.1 Å². The summed E-state index contributed by atoms with van der Waals surface area (Å²) in [5.41, 5.74) is 0.474. The van der Waals surface area contributed by atoms with Crippen LogP contribution in [0.5, 0.6) is 0 Å². The summed E-state index contributed by atoms with van der Waals surface area (Å²) in [5, 5.41) is 2.48. The molecule has 3 rings (SSSR count). The van der Waals surface area contributed by atoms with E-state index in [1.807, 2.05) is 0 Å². The number of benzene rings is 3. The van der Waals surface area contributed by atoms with Gasteiger partial charge in [-0.3, -0.25) is 13.9 Å². The molecular formula is C25H25BrFN3O4S. The van der Waals surface area contributed by atoms with E-state index >= 15 is 0 Å². The van der Waals surface area contributed by atoms with Gasteiger partial charge < -0.3 is 10.2 Å². The van der Waals surface area contributed by atoms with Crippen LogP contribution in [0.15, 0.2) is 88.2 Å². The lowest BCUT2D eigenvalue weighted by atomic mass is 10.1. The van der Waals surface area contributed by atoms with E-state index in [9.17, 15) is 22.4 Å². The molecule has 0 bridgehead atoms. The SMILES string of the molecule is CNC(=O)[C@@H](C)N(Cc1ccccc1F)C(=O)CN(c1ccc(Br)cc1)S(=O)(=O)c1ccccc1. The van der Waals surface area contributed by atoms with Crippen molar-refractivity contribution in [3.8, 4) is 0 Å². The molecule has 0 unspecified atom stereocenters. The number of carbonyl (C=O) groups is 2. The summed E-state index contributed by atoms with van der Waals surface area (Å²) in [4.78, 5) is 27.1. The second-order valence-corrected chi connectivity index (χ2v) is 10.5. The Bertz CT molecular complexity index is 1290. The van der Waals surface area contributed by atoms with Gasteiger partial charge in [-0.1, -0.05) is 52.3 Å². The van der Waals surface area contributed by atoms with Gasteiger partial charge in [0.05, 0.1) is 10.6 Å². The Labute approximate surface area is 212 Å². The highest BCUT2D eigenvalue weighted by molar-refractivity contribution is 9.10. The molecule has 2 amide bonds. The first kappa shape index (κ1) is 26.4. The first-order valence-electron chi connectivity index (χ1n) is 10.7. The van der Waals surface area contributed by atoms with Crippen LogP contribution >= 0.6 is 15.9 Å². The van der Waals surface area contributed by atoms with Gasteiger partial charge in [0.25, 0.3) is 10.0 Å². The molecule has 7 nitrogen and oxygen atoms in total. The summed E-state index contributed by atoms with van der Waals surface area (Å²) in [5.74, 6) is -1.65. The summed E-state index contributed by atoms with van der Waals surface area (Å²) in [6.07, 6.45) is 0. The van der Waals surface area contributed by atoms with Gasteiger partial charge in [-0.2, -0.15) is 0 Å². The van der Waals surface area contributed by atoms with E-state index in [4.69, 9.17) is 0 Å². The number of halogens is 2. The lowest BCUT2D eigenvalue weighted by Gasteiger charge is -2.31. The third-order valence-electron chi connectivity index (χ3n) is 5.44. The quantitative estimate of drug-likeness (QED) is 0.428. The van der Waals surface area contributed by atoms with Crippen LogP contribution < -0.4 is 9.62 Å². The summed E-state index contributed by atoms with van der Waals surface area (Å²) < 4.78 is 43.2. The molecular weight excluding hydrogens is 537 g/mol. The Kier molecular flexibility index (Phi) is 8.63. The van der Waals surface area contributed by atoms with Crippen LogP contribution in [0.2, 0.25) is 0 Å². The number of hydrogen-bond donors (Lipinski definition) is 1. The first-order chi connectivity index (χ1) is 16.6. The molecule has 1 atom stereocenters. The predicted molar refractivity (Wildman–Crippen MR) is 136 cm³/mol. The zero-order valence-corrected chi connectivity index (χ0v) is 21.6. The zero-order valence-electron chi connectivity index (χ0n) is 19.2. The smallest absolute Gasteiger partial charge is 0.264 e. The second kappa shape index (κ2) is 11.5. The van der Waals surface area contributed by atoms with Crippen LogP contribution in [-0.2, 0) is 26.2 Å². The van der Waals surface area contributed by atoms with Crippen molar-refractivity contribution in [2.24, 2.45) is 0 Å². The number of anilines is 1. The van der Waals surface area contributed by atoms with Crippen molar-refractivity contribution >= 4 is 43.5 Å². The van der Waals surface area contributed by atoms with Crippen molar-refractivity contribution in [2.45, 2.75) is 24.4 Å². The number of amides is 2. The molecule has 0 saturated carbocycles. The van der Waals surface area contributed by atoms with Gasteiger partial charge in [0.1, 0.15) is 18.4 Å². The zero-order chi connectivity index (χ0) is 25.6. The van der Waals surface area contributed by atoms with Gasteiger partial charge in [-0.15, -0.1) is 0 Å². The number of rotatable bonds is 9. The predicted octanol–water partition coefficient (Wildman–Crippen LogP) is 3.95. The van der Waals surface area contributed by atoms with Crippen molar-refractivity contribution < 1.29 is 22.4 Å². The van der Waals surface area contributed by atoms with E-state index < -0.39 is 40.2 Å². The highest BCUT2D eigenvalue weighted by atomic mass is 79.9. The fourth-order valence-corrected chi connectivity index (χ4v) is 5.16. The minimum Gasteiger partial charge on any atom is -0.357 e. The molecule has 0 aliphatic heterocycles. The lowest BCUT2D eigenvalue weighted by Crippen LogP contribution is -2.50. The largest absolute Gasteiger partial charge is 0.357 e. The number of hydrogen-bond acceptors (Lipinski definition) is 4. The van der Waals surface area contributed by atoms with Crippen molar-refractivity contribution in [1.29, 1.82) is 0 Å². The van der Waals surface area contributed by atoms with Crippen LogP contribution in [0.1, 0.15) is 12.5 Å². The maximum atomic E-state index is 14.4. The van der Waals surface area contributed by atoms with Crippen molar-refractivity contribution in [3.63, 3.8) is 0 Å². The number of sulfonamides is 1. The Hall–Kier alpha value is -3.24. The van der Waals surface area contributed by atoms with Crippen molar-refractivity contribution in [1.82, 2.24) is 10.2 Å². The monoisotopic (exact) mass is 561 g/mol. The van der Waals surface area contributed by atoms with Gasteiger partial charge in [0, 0.05) is 23.6 Å². The number of nitrogens with one attached hydrogen (secondary N) is 1. The average Bonchev–Trinajstić information content (AvgIpc) is 2.86. The molecule has 0 aromatic heterocycles. The Morgan fingerprint density at radius 1 is 0.971 bits per heavy atom. The van der Waals surface area contributed by atoms with Crippen molar-refractivity contribution in [2.75, 3.05) is 17.9 Å². The van der Waals surface area contributed by atoms with Crippen LogP contribution in [0, 0.1) is 5.82 Å². The first-order valence-corrected chi connectivity index (χ1v) is 13.0. The topological polar surface area (TPSA) is 86.8 Å². The van der Waals surface area contributed by atoms with Gasteiger partial charge in [-0.05, 0) is 49.4 Å². The molecule has 0 aliphatic rings. The summed E-state index contributed by atoms with van der Waals surface area (Å²) in [6.45, 7) is 0.710. The highest BCUT2D eigenvalue weighted by Gasteiger charge is 2.32. The second-order valence-electron chi connectivity index (χ2n) is 7.70. The van der Waals surface area contributed by atoms with Crippen molar-refractivity contribution in [3.05, 3.63) is 94.7 Å². The molecule has 0 saturated heterocycles. The molecule has 35 heavy (non-hydrogen) atoms. The third-order valence-corrected chi connectivity index (χ3v) is 7.75. The molecule has 3 aromatic carbocycles. The molecule has 0 heterocycles. The number of carbonyl (C=O) groups excluding carboxylic acids is 2. The molecule has 0 spiro atoms. The maximum absolute atomic E-state index is 14.4. The van der Waals surface area contributed by atoms with Gasteiger partial charge in [-0.25, -0.2) is 12.8 Å². The number of nitrogens with zero attached hydrogens (tertiary/aromatic N) is 2. The molecule has 0 fully saturated rings. The Morgan fingerprint density at radius 2 is 1.57 bits per heavy atom. The van der Waals surface area contributed by atoms with E-state index in [1.165, 1.54) is 49.2 Å². The molecule has 3 aromatic rings. The van der Waals surface area contributed by atoms with Crippen LogP contribution in [0.3, 0.4) is 0 Å². The molecule has 10 heteroatoms. The third kappa shape index (κ3) is 6.26. The maximum Gasteiger partial charge on any atom is 0.264 e. The van der Waals surface area contributed by atoms with E-state index in [0.29, 0.717) is 0 Å². The number of likely N-dealkylation sites (N-methyl/N-ethyl adjacent to an activating group) is 1. The van der Waals surface area contributed by atoms with Crippen LogP contribution in [0.25, 0.3) is 0 Å². The highest BCUT2D eigenvalue weighted by Crippen LogP contribution is 2.26. The fourth-order valence-electron chi connectivity index (χ4n) is 3.46. The van der Waals surface area contributed by atoms with E-state index in [0.717, 1.165) is 8.78 Å². The summed E-state index contributed by atoms with van der Waals surface area (Å²) >= 11 is 3.33. The summed E-state index contributed by atoms with van der Waals surface area (Å²) in [6, 6.07) is 19.2. The normalized spacial score (nSPS) is 12.0. The summed E-state index contributed by atoms with van der Waals surface area (Å²) in [7, 11) is -2.70. The molecule has 0 radical (unpaired) electrons. The molecule has 184 valence electrons. The van der Waals surface area contributed by atoms with E-state index in [2.05, 4.69) is 21.2 Å². The van der Waals surface area contributed by atoms with Gasteiger partial charge in [0.15, 0.2) is 0 Å². The van der Waals surface area contributed by atoms with E-state index in [-0.39, 0.29) is 22.7 Å². The lowest BCUT2D eigenvalue weighted by molar-refractivity contribution is -0.139. The molecule has 1 N–H and O–H groups in total. The Morgan fingerprint density at radius 3 is 2.17 bits per heavy atom. The minimum atomic E-state index is -4.13. The standard InChI is InChI=1S/C25H25BrFN3O4S/c1-18(25(32)28-2)29(16-19-8-6-7-11-23(19)27)24(31)17-30(21-14-12-20(26)13-15-21)35(33,34)22-9-4-3-5-10-22/h3-15,18H,16-17H2,1-2H3,(H,28,32)/t18-/m1/s1. The van der Waals surface area contributed by atoms with Crippen LogP contribution in [-0.4, -0.2) is 44.8 Å². The minimum absolute atomic E-state index is 0.00993. The Balaban J connectivity index is 2.02. The van der Waals surface area contributed by atoms with E-state index in [1.54, 1.807) is 48.5 Å².